The number of nitrogens with one attached hydrogen (secondary N) is 2. The van der Waals surface area contributed by atoms with E-state index in [0.717, 1.165) is 24.5 Å². The molecule has 0 aliphatic heterocycles. The topological polar surface area (TPSA) is 56.7 Å². The fourth-order valence-electron chi connectivity index (χ4n) is 2.36. The third-order valence-corrected chi connectivity index (χ3v) is 3.58. The predicted molar refractivity (Wildman–Crippen MR) is 111 cm³/mol. The monoisotopic (exact) mass is 439 g/mol. The molecule has 0 radical (unpaired) electrons. The van der Waals surface area contributed by atoms with Gasteiger partial charge in [0.1, 0.15) is 5.75 Å². The molecule has 1 unspecified atom stereocenters. The molecular weight excluding hydrogens is 413 g/mol. The predicted octanol–water partition coefficient (Wildman–Crippen LogP) is 3.87. The lowest BCUT2D eigenvalue weighted by Crippen LogP contribution is -2.38. The lowest BCUT2D eigenvalue weighted by Gasteiger charge is -2.18. The second-order valence-corrected chi connectivity index (χ2v) is 5.46. The summed E-state index contributed by atoms with van der Waals surface area (Å²) < 4.78 is 0. The number of hydrogen-bond acceptors (Lipinski definition) is 2. The number of phenolic OH excluding ortho intramolecular Hbond substituents is 1. The van der Waals surface area contributed by atoms with Crippen LogP contribution in [0.4, 0.5) is 0 Å². The van der Waals surface area contributed by atoms with E-state index in [1.807, 2.05) is 30.3 Å². The first kappa shape index (κ1) is 20.3. The van der Waals surface area contributed by atoms with Gasteiger partial charge < -0.3 is 15.7 Å². The van der Waals surface area contributed by atoms with Crippen LogP contribution in [0.2, 0.25) is 0 Å². The Hall–Kier alpha value is -1.76. The van der Waals surface area contributed by atoms with E-state index in [9.17, 15) is 5.11 Å². The second kappa shape index (κ2) is 10.9. The maximum atomic E-state index is 9.49. The highest BCUT2D eigenvalue weighted by Gasteiger charge is 2.06. The molecule has 4 nitrogen and oxygen atoms in total. The third kappa shape index (κ3) is 6.78. The second-order valence-electron chi connectivity index (χ2n) is 5.46. The fraction of sp³-hybridized carbons (Fsp3) is 0.316. The number of rotatable bonds is 6. The van der Waals surface area contributed by atoms with Crippen LogP contribution in [0.15, 0.2) is 59.6 Å². The number of guanidine groups is 1. The SMILES string of the molecule is CCNC(=NCCc1cccc(O)c1)NC(C)c1ccccc1.I. The molecule has 5 heteroatoms. The van der Waals surface area contributed by atoms with Crippen molar-refractivity contribution in [1.82, 2.24) is 10.6 Å². The van der Waals surface area contributed by atoms with E-state index in [2.05, 4.69) is 41.6 Å². The number of aromatic hydroxyl groups is 1. The number of halogens is 1. The van der Waals surface area contributed by atoms with Crippen molar-refractivity contribution < 1.29 is 5.11 Å². The average molecular weight is 439 g/mol. The highest BCUT2D eigenvalue weighted by molar-refractivity contribution is 14.0. The number of aliphatic imine (C=N–C) groups is 1. The molecule has 0 amide bonds. The van der Waals surface area contributed by atoms with Gasteiger partial charge >= 0.3 is 0 Å². The summed E-state index contributed by atoms with van der Waals surface area (Å²) in [5, 5.41) is 16.2. The van der Waals surface area contributed by atoms with E-state index in [1.54, 1.807) is 12.1 Å². The van der Waals surface area contributed by atoms with Gasteiger partial charge in [-0.05, 0) is 43.5 Å². The molecule has 3 N–H and O–H groups in total. The van der Waals surface area contributed by atoms with E-state index >= 15 is 0 Å². The first-order chi connectivity index (χ1) is 11.2. The molecule has 1 atom stereocenters. The van der Waals surface area contributed by atoms with Gasteiger partial charge in [-0.3, -0.25) is 4.99 Å². The van der Waals surface area contributed by atoms with Crippen molar-refractivity contribution in [1.29, 1.82) is 0 Å². The van der Waals surface area contributed by atoms with Crippen molar-refractivity contribution >= 4 is 29.9 Å². The Morgan fingerprint density at radius 1 is 1.12 bits per heavy atom. The maximum absolute atomic E-state index is 9.49. The standard InChI is InChI=1S/C19H25N3O.HI/c1-3-20-19(22-15(2)17-9-5-4-6-10-17)21-13-12-16-8-7-11-18(23)14-16;/h4-11,14-15,23H,3,12-13H2,1-2H3,(H2,20,21,22);1H. The zero-order valence-corrected chi connectivity index (χ0v) is 16.5. The average Bonchev–Trinajstić information content (AvgIpc) is 2.56. The maximum Gasteiger partial charge on any atom is 0.191 e. The molecule has 0 heterocycles. The van der Waals surface area contributed by atoms with Crippen LogP contribution in [0.5, 0.6) is 5.75 Å². The van der Waals surface area contributed by atoms with Crippen LogP contribution in [0, 0.1) is 0 Å². The van der Waals surface area contributed by atoms with Crippen LogP contribution in [0.25, 0.3) is 0 Å². The minimum Gasteiger partial charge on any atom is -0.508 e. The van der Waals surface area contributed by atoms with Crippen molar-refractivity contribution in [2.45, 2.75) is 26.3 Å². The lowest BCUT2D eigenvalue weighted by molar-refractivity contribution is 0.474. The van der Waals surface area contributed by atoms with Crippen molar-refractivity contribution in [3.63, 3.8) is 0 Å². The largest absolute Gasteiger partial charge is 0.508 e. The van der Waals surface area contributed by atoms with Gasteiger partial charge in [-0.2, -0.15) is 0 Å². The zero-order valence-electron chi connectivity index (χ0n) is 14.2. The molecule has 2 rings (SSSR count). The van der Waals surface area contributed by atoms with Gasteiger partial charge in [-0.1, -0.05) is 42.5 Å². The minimum absolute atomic E-state index is 0. The molecule has 0 fully saturated rings. The van der Waals surface area contributed by atoms with Gasteiger partial charge in [-0.25, -0.2) is 0 Å². The van der Waals surface area contributed by atoms with Crippen LogP contribution in [0.1, 0.15) is 31.0 Å². The summed E-state index contributed by atoms with van der Waals surface area (Å²) in [4.78, 5) is 4.62. The molecule has 130 valence electrons. The molecule has 0 bridgehead atoms. The minimum atomic E-state index is 0. The summed E-state index contributed by atoms with van der Waals surface area (Å²) in [6.45, 7) is 5.66. The Kier molecular flexibility index (Phi) is 9.22. The molecule has 2 aromatic rings. The van der Waals surface area contributed by atoms with Crippen LogP contribution < -0.4 is 10.6 Å². The molecule has 24 heavy (non-hydrogen) atoms. The summed E-state index contributed by atoms with van der Waals surface area (Å²) in [6.07, 6.45) is 0.796. The van der Waals surface area contributed by atoms with Crippen molar-refractivity contribution in [3.05, 3.63) is 65.7 Å². The van der Waals surface area contributed by atoms with Crippen LogP contribution >= 0.6 is 24.0 Å². The van der Waals surface area contributed by atoms with Gasteiger partial charge in [0, 0.05) is 13.1 Å². The normalized spacial score (nSPS) is 12.2. The Bertz CT molecular complexity index is 632. The Labute approximate surface area is 161 Å². The lowest BCUT2D eigenvalue weighted by atomic mass is 10.1. The fourth-order valence-corrected chi connectivity index (χ4v) is 2.36. The molecule has 0 spiro atoms. The molecule has 0 saturated heterocycles. The quantitative estimate of drug-likeness (QED) is 0.364. The highest BCUT2D eigenvalue weighted by Crippen LogP contribution is 2.12. The number of benzene rings is 2. The Morgan fingerprint density at radius 3 is 2.54 bits per heavy atom. The molecule has 0 saturated carbocycles. The van der Waals surface area contributed by atoms with Gasteiger partial charge in [0.25, 0.3) is 0 Å². The third-order valence-electron chi connectivity index (χ3n) is 3.58. The summed E-state index contributed by atoms with van der Waals surface area (Å²) in [5.41, 5.74) is 2.31. The van der Waals surface area contributed by atoms with Gasteiger partial charge in [-0.15, -0.1) is 24.0 Å². The van der Waals surface area contributed by atoms with Gasteiger partial charge in [0.15, 0.2) is 5.96 Å². The number of phenols is 1. The van der Waals surface area contributed by atoms with E-state index in [-0.39, 0.29) is 30.0 Å². The summed E-state index contributed by atoms with van der Waals surface area (Å²) >= 11 is 0. The molecular formula is C19H26IN3O. The van der Waals surface area contributed by atoms with E-state index in [4.69, 9.17) is 0 Å². The highest BCUT2D eigenvalue weighted by atomic mass is 127. The molecule has 0 aliphatic rings. The van der Waals surface area contributed by atoms with Crippen molar-refractivity contribution in [3.8, 4) is 5.75 Å². The van der Waals surface area contributed by atoms with Gasteiger partial charge in [0.2, 0.25) is 0 Å². The first-order valence-corrected chi connectivity index (χ1v) is 8.06. The summed E-state index contributed by atoms with van der Waals surface area (Å²) in [5.74, 6) is 1.11. The van der Waals surface area contributed by atoms with E-state index in [1.165, 1.54) is 5.56 Å². The summed E-state index contributed by atoms with van der Waals surface area (Å²) in [6, 6.07) is 17.8. The molecule has 0 aromatic heterocycles. The molecule has 0 aliphatic carbocycles. The number of nitrogens with zero attached hydrogens (tertiary/aromatic N) is 1. The van der Waals surface area contributed by atoms with Gasteiger partial charge in [0.05, 0.1) is 6.04 Å². The van der Waals surface area contributed by atoms with Crippen molar-refractivity contribution in [2.75, 3.05) is 13.1 Å². The van der Waals surface area contributed by atoms with Crippen LogP contribution in [0.3, 0.4) is 0 Å². The van der Waals surface area contributed by atoms with E-state index < -0.39 is 0 Å². The summed E-state index contributed by atoms with van der Waals surface area (Å²) in [7, 11) is 0. The Morgan fingerprint density at radius 2 is 1.88 bits per heavy atom. The van der Waals surface area contributed by atoms with E-state index in [0.29, 0.717) is 12.3 Å². The molecule has 2 aromatic carbocycles. The van der Waals surface area contributed by atoms with Crippen molar-refractivity contribution in [2.24, 2.45) is 4.99 Å². The zero-order chi connectivity index (χ0) is 16.5. The number of hydrogen-bond donors (Lipinski definition) is 3. The smallest absolute Gasteiger partial charge is 0.191 e. The van der Waals surface area contributed by atoms with Crippen LogP contribution in [-0.4, -0.2) is 24.2 Å². The van der Waals surface area contributed by atoms with Crippen LogP contribution in [-0.2, 0) is 6.42 Å². The first-order valence-electron chi connectivity index (χ1n) is 8.06. The Balaban J connectivity index is 0.00000288.